The molecule has 29 heavy (non-hydrogen) atoms. The van der Waals surface area contributed by atoms with E-state index in [1.165, 1.54) is 12.3 Å². The first-order valence-corrected chi connectivity index (χ1v) is 10.1. The Morgan fingerprint density at radius 3 is 2.90 bits per heavy atom. The van der Waals surface area contributed by atoms with Crippen LogP contribution >= 0.6 is 11.8 Å². The van der Waals surface area contributed by atoms with Gasteiger partial charge in [0.1, 0.15) is 11.8 Å². The van der Waals surface area contributed by atoms with Crippen LogP contribution in [0, 0.1) is 0 Å². The molecular weight excluding hydrogens is 392 g/mol. The second-order valence-corrected chi connectivity index (χ2v) is 8.64. The lowest BCUT2D eigenvalue weighted by molar-refractivity contribution is -0.135. The van der Waals surface area contributed by atoms with E-state index >= 15 is 0 Å². The molecule has 0 bridgehead atoms. The van der Waals surface area contributed by atoms with Gasteiger partial charge in [0.2, 0.25) is 23.6 Å². The van der Waals surface area contributed by atoms with Crippen LogP contribution < -0.4 is 15.8 Å². The maximum Gasteiger partial charge on any atom is 0.248 e. The molecule has 2 atom stereocenters. The summed E-state index contributed by atoms with van der Waals surface area (Å²) in [4.78, 5) is 41.8. The lowest BCUT2D eigenvalue weighted by atomic mass is 10.2. The van der Waals surface area contributed by atoms with Crippen molar-refractivity contribution < 1.29 is 19.1 Å². The molecule has 9 heteroatoms. The van der Waals surface area contributed by atoms with Crippen molar-refractivity contribution in [2.45, 2.75) is 30.7 Å². The second-order valence-electron chi connectivity index (χ2n) is 7.13. The third-order valence-electron chi connectivity index (χ3n) is 5.09. The van der Waals surface area contributed by atoms with Crippen molar-refractivity contribution in [3.05, 3.63) is 48.2 Å². The third-order valence-corrected chi connectivity index (χ3v) is 6.60. The monoisotopic (exact) mass is 412 g/mol. The first-order chi connectivity index (χ1) is 13.9. The third kappa shape index (κ3) is 3.77. The number of ether oxygens (including phenoxy) is 1. The molecular formula is C20H20N4O4S. The number of nitrogens with one attached hydrogen (secondary N) is 1. The highest BCUT2D eigenvalue weighted by Crippen LogP contribution is 2.47. The largest absolute Gasteiger partial charge is 0.439 e. The van der Waals surface area contributed by atoms with Gasteiger partial charge >= 0.3 is 0 Å². The maximum atomic E-state index is 12.7. The first kappa shape index (κ1) is 19.3. The molecule has 150 valence electrons. The van der Waals surface area contributed by atoms with Gasteiger partial charge in [0.25, 0.3) is 0 Å². The zero-order chi connectivity index (χ0) is 20.6. The predicted octanol–water partition coefficient (Wildman–Crippen LogP) is 2.37. The van der Waals surface area contributed by atoms with Crippen LogP contribution in [0.25, 0.3) is 0 Å². The molecule has 2 aliphatic rings. The molecule has 2 aliphatic heterocycles. The molecule has 3 heterocycles. The standard InChI is InChI=1S/C20H20N4O4S/c1-20-8-7-17(25)24(20)15(11-29-20)19(27)23-13-5-6-16(22-10-13)28-14-4-2-3-12(9-14)18(21)26/h2-6,9-10,15H,7-8,11H2,1H3,(H2,21,26)(H,23,27). The van der Waals surface area contributed by atoms with E-state index in [0.717, 1.165) is 6.42 Å². The highest BCUT2D eigenvalue weighted by atomic mass is 32.2. The van der Waals surface area contributed by atoms with Crippen molar-refractivity contribution in [2.24, 2.45) is 5.73 Å². The molecule has 3 N–H and O–H groups in total. The topological polar surface area (TPSA) is 115 Å². The van der Waals surface area contributed by atoms with Gasteiger partial charge in [0.05, 0.1) is 16.8 Å². The number of thioether (sulfide) groups is 1. The number of nitrogens with zero attached hydrogens (tertiary/aromatic N) is 2. The van der Waals surface area contributed by atoms with E-state index in [9.17, 15) is 14.4 Å². The van der Waals surface area contributed by atoms with Gasteiger partial charge in [-0.1, -0.05) is 6.07 Å². The average Bonchev–Trinajstić information content (AvgIpc) is 3.19. The molecule has 8 nitrogen and oxygen atoms in total. The summed E-state index contributed by atoms with van der Waals surface area (Å²) in [5, 5.41) is 2.82. The molecule has 1 aromatic carbocycles. The van der Waals surface area contributed by atoms with E-state index in [1.807, 2.05) is 6.92 Å². The van der Waals surface area contributed by atoms with Gasteiger partial charge < -0.3 is 20.7 Å². The van der Waals surface area contributed by atoms with Gasteiger partial charge in [0.15, 0.2) is 0 Å². The van der Waals surface area contributed by atoms with E-state index < -0.39 is 11.9 Å². The molecule has 4 rings (SSSR count). The van der Waals surface area contributed by atoms with E-state index in [2.05, 4.69) is 10.3 Å². The summed E-state index contributed by atoms with van der Waals surface area (Å²) < 4.78 is 5.63. The van der Waals surface area contributed by atoms with Gasteiger partial charge in [0, 0.05) is 23.8 Å². The minimum absolute atomic E-state index is 0.0257. The van der Waals surface area contributed by atoms with Crippen molar-refractivity contribution >= 4 is 35.2 Å². The van der Waals surface area contributed by atoms with Crippen molar-refractivity contribution in [3.63, 3.8) is 0 Å². The Morgan fingerprint density at radius 2 is 2.17 bits per heavy atom. The van der Waals surface area contributed by atoms with Gasteiger partial charge in [-0.25, -0.2) is 4.98 Å². The minimum atomic E-state index is -0.542. The summed E-state index contributed by atoms with van der Waals surface area (Å²) in [7, 11) is 0. The number of anilines is 1. The van der Waals surface area contributed by atoms with E-state index in [0.29, 0.717) is 35.1 Å². The van der Waals surface area contributed by atoms with Crippen LogP contribution in [0.5, 0.6) is 11.6 Å². The lowest BCUT2D eigenvalue weighted by Gasteiger charge is -2.29. The number of amides is 3. The number of hydrogen-bond donors (Lipinski definition) is 2. The van der Waals surface area contributed by atoms with Crippen molar-refractivity contribution in [3.8, 4) is 11.6 Å². The van der Waals surface area contributed by atoms with Crippen LogP contribution in [0.2, 0.25) is 0 Å². The summed E-state index contributed by atoms with van der Waals surface area (Å²) in [6.07, 6.45) is 2.74. The molecule has 0 radical (unpaired) electrons. The van der Waals surface area contributed by atoms with Crippen LogP contribution in [0.1, 0.15) is 30.1 Å². The number of primary amides is 1. The summed E-state index contributed by atoms with van der Waals surface area (Å²) in [6.45, 7) is 2.01. The molecule has 3 amide bonds. The van der Waals surface area contributed by atoms with Gasteiger partial charge in [-0.05, 0) is 37.6 Å². The molecule has 2 fully saturated rings. The minimum Gasteiger partial charge on any atom is -0.439 e. The fourth-order valence-corrected chi connectivity index (χ4v) is 5.02. The number of nitrogens with two attached hydrogens (primary N) is 1. The van der Waals surface area contributed by atoms with Crippen LogP contribution in [-0.4, -0.2) is 44.3 Å². The smallest absolute Gasteiger partial charge is 0.248 e. The molecule has 2 unspecified atom stereocenters. The molecule has 1 aromatic heterocycles. The summed E-state index contributed by atoms with van der Waals surface area (Å²) in [5.74, 6) is 0.584. The Labute approximate surface area is 171 Å². The molecule has 2 saturated heterocycles. The van der Waals surface area contributed by atoms with Gasteiger partial charge in [-0.3, -0.25) is 14.4 Å². The van der Waals surface area contributed by atoms with Crippen LogP contribution in [0.15, 0.2) is 42.6 Å². The fraction of sp³-hybridized carbons (Fsp3) is 0.300. The number of carbonyl (C=O) groups is 3. The zero-order valence-electron chi connectivity index (χ0n) is 15.8. The van der Waals surface area contributed by atoms with Crippen molar-refractivity contribution in [2.75, 3.05) is 11.1 Å². The fourth-order valence-electron chi connectivity index (χ4n) is 3.59. The Hall–Kier alpha value is -3.07. The van der Waals surface area contributed by atoms with Crippen LogP contribution in [-0.2, 0) is 9.59 Å². The maximum absolute atomic E-state index is 12.7. The number of aromatic nitrogens is 1. The zero-order valence-corrected chi connectivity index (χ0v) is 16.6. The first-order valence-electron chi connectivity index (χ1n) is 9.16. The summed E-state index contributed by atoms with van der Waals surface area (Å²) in [5.41, 5.74) is 6.12. The Morgan fingerprint density at radius 1 is 1.34 bits per heavy atom. The quantitative estimate of drug-likeness (QED) is 0.779. The highest BCUT2D eigenvalue weighted by Gasteiger charge is 2.52. The molecule has 0 saturated carbocycles. The Balaban J connectivity index is 1.41. The number of benzene rings is 1. The van der Waals surface area contributed by atoms with Crippen LogP contribution in [0.3, 0.4) is 0 Å². The van der Waals surface area contributed by atoms with Gasteiger partial charge in [-0.15, -0.1) is 11.8 Å². The number of hydrogen-bond acceptors (Lipinski definition) is 6. The SMILES string of the molecule is CC12CCC(=O)N1C(C(=O)Nc1ccc(Oc3cccc(C(N)=O)c3)nc1)CS2. The number of fused-ring (bicyclic) bond motifs is 1. The number of rotatable bonds is 5. The predicted molar refractivity (Wildman–Crippen MR) is 109 cm³/mol. The Bertz CT molecular complexity index is 981. The lowest BCUT2D eigenvalue weighted by Crippen LogP contribution is -2.48. The van der Waals surface area contributed by atoms with E-state index in [4.69, 9.17) is 10.5 Å². The second kappa shape index (κ2) is 7.40. The number of carbonyl (C=O) groups excluding carboxylic acids is 3. The number of pyridine rings is 1. The highest BCUT2D eigenvalue weighted by molar-refractivity contribution is 8.01. The van der Waals surface area contributed by atoms with Crippen LogP contribution in [0.4, 0.5) is 5.69 Å². The van der Waals surface area contributed by atoms with Gasteiger partial charge in [-0.2, -0.15) is 0 Å². The Kier molecular flexibility index (Phi) is 4.91. The van der Waals surface area contributed by atoms with E-state index in [-0.39, 0.29) is 16.7 Å². The summed E-state index contributed by atoms with van der Waals surface area (Å²) in [6, 6.07) is 9.28. The molecule has 0 aliphatic carbocycles. The molecule has 0 spiro atoms. The average molecular weight is 412 g/mol. The van der Waals surface area contributed by atoms with E-state index in [1.54, 1.807) is 47.0 Å². The normalized spacial score (nSPS) is 23.0. The summed E-state index contributed by atoms with van der Waals surface area (Å²) >= 11 is 1.65. The van der Waals surface area contributed by atoms with Crippen molar-refractivity contribution in [1.82, 2.24) is 9.88 Å². The van der Waals surface area contributed by atoms with Crippen molar-refractivity contribution in [1.29, 1.82) is 0 Å². The molecule has 2 aromatic rings.